The first-order chi connectivity index (χ1) is 18.4. The fourth-order valence-electron chi connectivity index (χ4n) is 6.63. The molecule has 0 radical (unpaired) electrons. The maximum atomic E-state index is 13.6. The second kappa shape index (κ2) is 9.25. The van der Waals surface area contributed by atoms with Gasteiger partial charge in [-0.2, -0.15) is 0 Å². The molecule has 10 heteroatoms. The van der Waals surface area contributed by atoms with Crippen LogP contribution in [0.3, 0.4) is 0 Å². The molecule has 4 atom stereocenters. The number of ether oxygens (including phenoxy) is 2. The molecule has 1 amide bonds. The molecule has 0 unspecified atom stereocenters. The molecule has 1 spiro atoms. The number of nitro groups is 1. The molecule has 3 heterocycles. The number of carbonyl (C=O) groups excluding carboxylic acids is 1. The van der Waals surface area contributed by atoms with Crippen molar-refractivity contribution in [1.82, 2.24) is 4.90 Å². The zero-order valence-electron chi connectivity index (χ0n) is 20.5. The smallest absolute Gasteiger partial charge is 0.256 e. The number of hydrogen-bond acceptors (Lipinski definition) is 6. The second-order valence-electron chi connectivity index (χ2n) is 9.88. The van der Waals surface area contributed by atoms with Crippen LogP contribution in [-0.2, 0) is 16.9 Å². The predicted molar refractivity (Wildman–Crippen MR) is 139 cm³/mol. The molecule has 0 aromatic heterocycles. The highest BCUT2D eigenvalue weighted by atomic mass is 35.5. The lowest BCUT2D eigenvalue weighted by Gasteiger charge is -2.32. The van der Waals surface area contributed by atoms with Gasteiger partial charge in [-0.25, -0.2) is 4.39 Å². The van der Waals surface area contributed by atoms with Crippen LogP contribution in [0.25, 0.3) is 0 Å². The molecule has 6 rings (SSSR count). The quantitative estimate of drug-likeness (QED) is 0.346. The first-order valence-electron chi connectivity index (χ1n) is 12.4. The summed E-state index contributed by atoms with van der Waals surface area (Å²) in [5, 5.41) is 15.9. The van der Waals surface area contributed by atoms with Gasteiger partial charge in [0, 0.05) is 28.8 Å². The number of nitrogens with zero attached hydrogens (tertiary/aromatic N) is 2. The van der Waals surface area contributed by atoms with E-state index in [2.05, 4.69) is 5.32 Å². The van der Waals surface area contributed by atoms with Gasteiger partial charge < -0.3 is 14.8 Å². The average molecular weight is 538 g/mol. The number of methoxy groups -OCH3 is 1. The van der Waals surface area contributed by atoms with Gasteiger partial charge in [-0.1, -0.05) is 41.9 Å². The summed E-state index contributed by atoms with van der Waals surface area (Å²) in [6, 6.07) is 15.1. The molecule has 1 N–H and O–H groups in total. The fraction of sp³-hybridized carbons (Fsp3) is 0.321. The molecule has 0 bridgehead atoms. The maximum absolute atomic E-state index is 13.6. The van der Waals surface area contributed by atoms with Crippen LogP contribution in [0.2, 0.25) is 5.02 Å². The summed E-state index contributed by atoms with van der Waals surface area (Å²) < 4.78 is 25.1. The van der Waals surface area contributed by atoms with E-state index in [-0.39, 0.29) is 40.1 Å². The van der Waals surface area contributed by atoms with Crippen molar-refractivity contribution < 1.29 is 23.6 Å². The Kier molecular flexibility index (Phi) is 6.00. The van der Waals surface area contributed by atoms with Gasteiger partial charge in [-0.05, 0) is 54.3 Å². The van der Waals surface area contributed by atoms with Crippen LogP contribution >= 0.6 is 11.6 Å². The van der Waals surface area contributed by atoms with Gasteiger partial charge in [0.15, 0.2) is 17.0 Å². The molecule has 196 valence electrons. The lowest BCUT2D eigenvalue weighted by molar-refractivity contribution is -0.534. The van der Waals surface area contributed by atoms with Gasteiger partial charge in [0.1, 0.15) is 12.4 Å². The molecule has 3 aromatic carbocycles. The molecule has 38 heavy (non-hydrogen) atoms. The van der Waals surface area contributed by atoms with Crippen LogP contribution in [0, 0.1) is 15.9 Å². The molecule has 3 aliphatic heterocycles. The van der Waals surface area contributed by atoms with Crippen LogP contribution in [0.4, 0.5) is 10.1 Å². The highest BCUT2D eigenvalue weighted by Crippen LogP contribution is 2.58. The first kappa shape index (κ1) is 24.6. The van der Waals surface area contributed by atoms with Crippen molar-refractivity contribution in [2.24, 2.45) is 0 Å². The van der Waals surface area contributed by atoms with E-state index in [4.69, 9.17) is 21.1 Å². The van der Waals surface area contributed by atoms with Crippen LogP contribution in [0.15, 0.2) is 60.7 Å². The van der Waals surface area contributed by atoms with Crippen molar-refractivity contribution in [3.05, 3.63) is 98.3 Å². The van der Waals surface area contributed by atoms with Crippen molar-refractivity contribution in [1.29, 1.82) is 0 Å². The molecular formula is C28H25ClFN3O5. The average Bonchev–Trinajstić information content (AvgIpc) is 3.56. The van der Waals surface area contributed by atoms with E-state index in [1.807, 2.05) is 4.90 Å². The predicted octanol–water partition coefficient (Wildman–Crippen LogP) is 5.12. The Bertz CT molecular complexity index is 1450. The third-order valence-corrected chi connectivity index (χ3v) is 8.28. The molecule has 2 fully saturated rings. The van der Waals surface area contributed by atoms with Crippen molar-refractivity contribution in [2.45, 2.75) is 43.0 Å². The minimum absolute atomic E-state index is 0.0601. The zero-order valence-corrected chi connectivity index (χ0v) is 21.3. The Morgan fingerprint density at radius 1 is 1.21 bits per heavy atom. The van der Waals surface area contributed by atoms with Crippen LogP contribution in [0.1, 0.15) is 35.4 Å². The number of hydrogen-bond donors (Lipinski definition) is 1. The summed E-state index contributed by atoms with van der Waals surface area (Å²) in [5.41, 5.74) is 1.04. The first-order valence-corrected chi connectivity index (χ1v) is 12.8. The number of fused-ring (bicyclic) bond motifs is 4. The van der Waals surface area contributed by atoms with Crippen molar-refractivity contribution >= 4 is 23.2 Å². The number of carbonyl (C=O) groups is 1. The molecule has 0 aliphatic carbocycles. The molecule has 3 aliphatic rings. The normalized spacial score (nSPS) is 25.8. The number of amides is 1. The van der Waals surface area contributed by atoms with E-state index < -0.39 is 17.5 Å². The highest BCUT2D eigenvalue weighted by molar-refractivity contribution is 6.32. The Balaban J connectivity index is 1.43. The zero-order chi connectivity index (χ0) is 26.6. The van der Waals surface area contributed by atoms with Crippen molar-refractivity contribution in [3.8, 4) is 11.5 Å². The van der Waals surface area contributed by atoms with Gasteiger partial charge in [-0.15, -0.1) is 0 Å². The van der Waals surface area contributed by atoms with Gasteiger partial charge >= 0.3 is 0 Å². The fourth-order valence-corrected chi connectivity index (χ4v) is 6.90. The Morgan fingerprint density at radius 2 is 2.03 bits per heavy atom. The summed E-state index contributed by atoms with van der Waals surface area (Å²) in [4.78, 5) is 28.1. The monoisotopic (exact) mass is 537 g/mol. The molecule has 8 nitrogen and oxygen atoms in total. The van der Waals surface area contributed by atoms with E-state index >= 15 is 0 Å². The van der Waals surface area contributed by atoms with Crippen LogP contribution in [0.5, 0.6) is 11.5 Å². The third-order valence-electron chi connectivity index (χ3n) is 8.00. The maximum Gasteiger partial charge on any atom is 0.256 e. The largest absolute Gasteiger partial charge is 0.493 e. The second-order valence-corrected chi connectivity index (χ2v) is 10.3. The number of para-hydroxylation sites is 1. The summed E-state index contributed by atoms with van der Waals surface area (Å²) in [6.07, 6.45) is 1.53. The lowest BCUT2D eigenvalue weighted by Crippen LogP contribution is -2.55. The van der Waals surface area contributed by atoms with Crippen LogP contribution in [-0.4, -0.2) is 41.5 Å². The lowest BCUT2D eigenvalue weighted by atomic mass is 9.77. The van der Waals surface area contributed by atoms with E-state index in [0.29, 0.717) is 41.1 Å². The van der Waals surface area contributed by atoms with E-state index in [0.717, 1.165) is 6.42 Å². The highest BCUT2D eigenvalue weighted by Gasteiger charge is 2.73. The van der Waals surface area contributed by atoms with Crippen molar-refractivity contribution in [3.63, 3.8) is 0 Å². The Labute approximate surface area is 223 Å². The Hall–Kier alpha value is -3.69. The van der Waals surface area contributed by atoms with E-state index in [1.165, 1.54) is 19.2 Å². The summed E-state index contributed by atoms with van der Waals surface area (Å²) in [6.45, 7) is 0.636. The minimum Gasteiger partial charge on any atom is -0.493 e. The van der Waals surface area contributed by atoms with Gasteiger partial charge in [0.25, 0.3) is 11.9 Å². The summed E-state index contributed by atoms with van der Waals surface area (Å²) >= 11 is 6.68. The number of rotatable bonds is 6. The number of benzene rings is 3. The minimum atomic E-state index is -1.42. The van der Waals surface area contributed by atoms with Gasteiger partial charge in [0.2, 0.25) is 0 Å². The van der Waals surface area contributed by atoms with E-state index in [9.17, 15) is 19.3 Å². The standard InChI is InChI=1S/C28H25ClFN3O5/c1-37-23-14-17(13-20(29)25(23)38-15-16-6-4-7-18(30)12-16)24-22-10-5-11-32(22)28(26(24)33(35)36)19-8-2-3-9-21(19)31-27(28)34/h2-4,6-9,12-14,22,24,26H,5,10-11,15H2,1H3,(H,31,34)/t22-,24+,26-,28-/m0/s1. The Morgan fingerprint density at radius 3 is 2.79 bits per heavy atom. The number of halogens is 2. The molecule has 3 aromatic rings. The van der Waals surface area contributed by atoms with Crippen molar-refractivity contribution in [2.75, 3.05) is 19.0 Å². The molecule has 2 saturated heterocycles. The molecule has 0 saturated carbocycles. The van der Waals surface area contributed by atoms with Crippen LogP contribution < -0.4 is 14.8 Å². The molecular weight excluding hydrogens is 513 g/mol. The van der Waals surface area contributed by atoms with Gasteiger partial charge in [-0.3, -0.25) is 19.8 Å². The summed E-state index contributed by atoms with van der Waals surface area (Å²) in [7, 11) is 1.47. The van der Waals surface area contributed by atoms with Gasteiger partial charge in [0.05, 0.1) is 18.1 Å². The topological polar surface area (TPSA) is 93.9 Å². The summed E-state index contributed by atoms with van der Waals surface area (Å²) in [5.74, 6) is -0.789. The van der Waals surface area contributed by atoms with E-state index in [1.54, 1.807) is 48.5 Å². The third kappa shape index (κ3) is 3.56. The number of nitrogens with one attached hydrogen (secondary N) is 1. The SMILES string of the molecule is COc1cc([C@H]2[C@H]([N+](=O)[O-])[C@@]3(C(=O)Nc4ccccc43)N3CCC[C@@H]23)cc(Cl)c1OCc1cccc(F)c1. The number of anilines is 1.